The number of nitrogens with one attached hydrogen (secondary N) is 3. The zero-order valence-electron chi connectivity index (χ0n) is 15.2. The predicted molar refractivity (Wildman–Crippen MR) is 101 cm³/mol. The molecule has 0 aliphatic carbocycles. The molecule has 6 heteroatoms. The maximum atomic E-state index is 12.6. The third kappa shape index (κ3) is 5.72. The Morgan fingerprint density at radius 1 is 1.20 bits per heavy atom. The van der Waals surface area contributed by atoms with Crippen LogP contribution in [0.15, 0.2) is 24.3 Å². The molecule has 1 saturated heterocycles. The monoisotopic (exact) mass is 365 g/mol. The van der Waals surface area contributed by atoms with Crippen LogP contribution in [0, 0.1) is 11.3 Å². The molecule has 2 amide bonds. The van der Waals surface area contributed by atoms with Crippen molar-refractivity contribution < 1.29 is 9.59 Å². The van der Waals surface area contributed by atoms with E-state index in [0.29, 0.717) is 17.1 Å². The lowest BCUT2D eigenvalue weighted by molar-refractivity contribution is -0.124. The summed E-state index contributed by atoms with van der Waals surface area (Å²) < 4.78 is 0. The van der Waals surface area contributed by atoms with Gasteiger partial charge in [0.05, 0.1) is 0 Å². The Bertz CT molecular complexity index is 595. The van der Waals surface area contributed by atoms with Crippen molar-refractivity contribution in [3.8, 4) is 0 Å². The van der Waals surface area contributed by atoms with Crippen molar-refractivity contribution in [3.05, 3.63) is 34.9 Å². The van der Waals surface area contributed by atoms with E-state index in [4.69, 9.17) is 11.6 Å². The van der Waals surface area contributed by atoms with Crippen LogP contribution < -0.4 is 16.0 Å². The summed E-state index contributed by atoms with van der Waals surface area (Å²) in [6, 6.07) is 6.08. The number of hydrogen-bond acceptors (Lipinski definition) is 3. The van der Waals surface area contributed by atoms with E-state index in [1.165, 1.54) is 0 Å². The van der Waals surface area contributed by atoms with E-state index in [0.717, 1.165) is 25.9 Å². The third-order valence-electron chi connectivity index (χ3n) is 4.84. The summed E-state index contributed by atoms with van der Waals surface area (Å²) in [5.74, 6) is -0.396. The number of hydrogen-bond donors (Lipinski definition) is 3. The van der Waals surface area contributed by atoms with Crippen LogP contribution in [-0.4, -0.2) is 37.5 Å². The Morgan fingerprint density at radius 2 is 1.80 bits per heavy atom. The van der Waals surface area contributed by atoms with Crippen LogP contribution >= 0.6 is 11.6 Å². The summed E-state index contributed by atoms with van der Waals surface area (Å²) in [5, 5.41) is 9.80. The first-order valence-electron chi connectivity index (χ1n) is 8.86. The first-order valence-corrected chi connectivity index (χ1v) is 9.23. The van der Waals surface area contributed by atoms with Crippen LogP contribution in [-0.2, 0) is 4.79 Å². The first kappa shape index (κ1) is 19.7. The number of carbonyl (C=O) groups excluding carboxylic acids is 2. The molecule has 1 unspecified atom stereocenters. The van der Waals surface area contributed by atoms with E-state index >= 15 is 0 Å². The molecular formula is C19H28ClN3O2. The minimum atomic E-state index is -0.562. The van der Waals surface area contributed by atoms with E-state index in [1.807, 2.05) is 13.8 Å². The largest absolute Gasteiger partial charge is 0.354 e. The molecule has 0 saturated carbocycles. The second-order valence-electron chi connectivity index (χ2n) is 7.48. The normalized spacial score (nSPS) is 17.8. The minimum absolute atomic E-state index is 0.00270. The number of amides is 2. The van der Waals surface area contributed by atoms with Crippen LogP contribution in [0.2, 0.25) is 5.02 Å². The Hall–Kier alpha value is -1.59. The van der Waals surface area contributed by atoms with Gasteiger partial charge in [-0.15, -0.1) is 0 Å². The van der Waals surface area contributed by atoms with Gasteiger partial charge in [-0.05, 0) is 61.5 Å². The highest BCUT2D eigenvalue weighted by atomic mass is 35.5. The fourth-order valence-electron chi connectivity index (χ4n) is 2.98. The van der Waals surface area contributed by atoms with E-state index in [1.54, 1.807) is 24.3 Å². The van der Waals surface area contributed by atoms with E-state index in [-0.39, 0.29) is 23.1 Å². The van der Waals surface area contributed by atoms with Crippen LogP contribution in [0.4, 0.5) is 0 Å². The van der Waals surface area contributed by atoms with E-state index in [9.17, 15) is 9.59 Å². The summed E-state index contributed by atoms with van der Waals surface area (Å²) in [6.07, 6.45) is 2.08. The molecule has 2 rings (SSSR count). The van der Waals surface area contributed by atoms with Crippen molar-refractivity contribution >= 4 is 23.4 Å². The maximum Gasteiger partial charge on any atom is 0.251 e. The number of halogens is 1. The average Bonchev–Trinajstić information content (AvgIpc) is 2.58. The lowest BCUT2D eigenvalue weighted by Crippen LogP contribution is -2.52. The van der Waals surface area contributed by atoms with Gasteiger partial charge < -0.3 is 16.0 Å². The highest BCUT2D eigenvalue weighted by molar-refractivity contribution is 6.30. The Balaban J connectivity index is 1.95. The molecule has 1 fully saturated rings. The zero-order chi connectivity index (χ0) is 18.4. The van der Waals surface area contributed by atoms with Crippen LogP contribution in [0.5, 0.6) is 0 Å². The van der Waals surface area contributed by atoms with Crippen LogP contribution in [0.25, 0.3) is 0 Å². The van der Waals surface area contributed by atoms with Gasteiger partial charge >= 0.3 is 0 Å². The van der Waals surface area contributed by atoms with Gasteiger partial charge in [0.1, 0.15) is 6.04 Å². The third-order valence-corrected chi connectivity index (χ3v) is 5.09. The molecule has 0 bridgehead atoms. The highest BCUT2D eigenvalue weighted by Gasteiger charge is 2.30. The number of rotatable bonds is 6. The molecule has 1 aromatic rings. The van der Waals surface area contributed by atoms with Gasteiger partial charge in [0.15, 0.2) is 0 Å². The smallest absolute Gasteiger partial charge is 0.251 e. The maximum absolute atomic E-state index is 12.6. The lowest BCUT2D eigenvalue weighted by Gasteiger charge is -2.35. The van der Waals surface area contributed by atoms with E-state index < -0.39 is 6.04 Å². The Labute approximate surface area is 154 Å². The van der Waals surface area contributed by atoms with Crippen molar-refractivity contribution in [1.29, 1.82) is 0 Å². The topological polar surface area (TPSA) is 70.2 Å². The molecule has 1 atom stereocenters. The highest BCUT2D eigenvalue weighted by Crippen LogP contribution is 2.26. The Kier molecular flexibility index (Phi) is 6.85. The van der Waals surface area contributed by atoms with Gasteiger partial charge in [-0.1, -0.05) is 32.4 Å². The summed E-state index contributed by atoms with van der Waals surface area (Å²) in [4.78, 5) is 25.0. The molecule has 138 valence electrons. The zero-order valence-corrected chi connectivity index (χ0v) is 16.0. The number of carbonyl (C=O) groups is 2. The molecule has 1 aliphatic heterocycles. The van der Waals surface area contributed by atoms with Crippen molar-refractivity contribution in [3.63, 3.8) is 0 Å². The van der Waals surface area contributed by atoms with Crippen molar-refractivity contribution in [1.82, 2.24) is 16.0 Å². The fraction of sp³-hybridized carbons (Fsp3) is 0.579. The summed E-state index contributed by atoms with van der Waals surface area (Å²) in [6.45, 7) is 8.65. The fourth-order valence-corrected chi connectivity index (χ4v) is 3.10. The first-order chi connectivity index (χ1) is 11.8. The molecule has 0 spiro atoms. The van der Waals surface area contributed by atoms with Crippen molar-refractivity contribution in [2.75, 3.05) is 19.6 Å². The molecule has 3 N–H and O–H groups in total. The summed E-state index contributed by atoms with van der Waals surface area (Å²) >= 11 is 5.85. The molecule has 1 aliphatic rings. The van der Waals surface area contributed by atoms with Gasteiger partial charge in [-0.25, -0.2) is 0 Å². The molecule has 1 aromatic carbocycles. The van der Waals surface area contributed by atoms with Crippen LogP contribution in [0.3, 0.4) is 0 Å². The molecule has 1 heterocycles. The lowest BCUT2D eigenvalue weighted by atomic mass is 9.81. The van der Waals surface area contributed by atoms with Crippen molar-refractivity contribution in [2.24, 2.45) is 11.3 Å². The second-order valence-corrected chi connectivity index (χ2v) is 7.92. The molecule has 0 radical (unpaired) electrons. The SMILES string of the molecule is CC(C)C(NC(=O)c1ccc(Cl)cc1)C(=O)NCC1(C)CCNCC1. The van der Waals surface area contributed by atoms with Gasteiger partial charge in [0, 0.05) is 17.1 Å². The van der Waals surface area contributed by atoms with Gasteiger partial charge in [0.2, 0.25) is 5.91 Å². The van der Waals surface area contributed by atoms with Gasteiger partial charge in [-0.2, -0.15) is 0 Å². The summed E-state index contributed by atoms with van der Waals surface area (Å²) in [7, 11) is 0. The molecule has 25 heavy (non-hydrogen) atoms. The van der Waals surface area contributed by atoms with Gasteiger partial charge in [-0.3, -0.25) is 9.59 Å². The van der Waals surface area contributed by atoms with Crippen LogP contribution in [0.1, 0.15) is 44.0 Å². The quantitative estimate of drug-likeness (QED) is 0.725. The second kappa shape index (κ2) is 8.68. The number of piperidine rings is 1. The molecular weight excluding hydrogens is 338 g/mol. The standard InChI is InChI=1S/C19H28ClN3O2/c1-13(2)16(23-17(24)14-4-6-15(20)7-5-14)18(25)22-12-19(3)8-10-21-11-9-19/h4-7,13,16,21H,8-12H2,1-3H3,(H,22,25)(H,23,24). The van der Waals surface area contributed by atoms with Crippen molar-refractivity contribution in [2.45, 2.75) is 39.7 Å². The summed E-state index contributed by atoms with van der Waals surface area (Å²) in [5.41, 5.74) is 0.607. The Morgan fingerprint density at radius 3 is 2.36 bits per heavy atom. The average molecular weight is 366 g/mol. The van der Waals surface area contributed by atoms with E-state index in [2.05, 4.69) is 22.9 Å². The number of benzene rings is 1. The molecule has 0 aromatic heterocycles. The molecule has 5 nitrogen and oxygen atoms in total. The van der Waals surface area contributed by atoms with Gasteiger partial charge in [0.25, 0.3) is 5.91 Å². The predicted octanol–water partition coefficient (Wildman–Crippen LogP) is 2.60. The minimum Gasteiger partial charge on any atom is -0.354 e.